The molecule has 28 heavy (non-hydrogen) atoms. The molecule has 0 fully saturated rings. The summed E-state index contributed by atoms with van der Waals surface area (Å²) in [4.78, 5) is 20.8. The molecule has 3 aromatic rings. The van der Waals surface area contributed by atoms with Crippen LogP contribution in [0.4, 0.5) is 18.3 Å². The van der Waals surface area contributed by atoms with Crippen molar-refractivity contribution in [1.82, 2.24) is 9.97 Å². The summed E-state index contributed by atoms with van der Waals surface area (Å²) in [5.41, 5.74) is 0.261. The molecule has 0 bridgehead atoms. The van der Waals surface area contributed by atoms with Crippen molar-refractivity contribution in [3.8, 4) is 6.07 Å². The van der Waals surface area contributed by atoms with Crippen LogP contribution in [0.15, 0.2) is 42.7 Å². The zero-order valence-electron chi connectivity index (χ0n) is 14.5. The highest BCUT2D eigenvalue weighted by Crippen LogP contribution is 2.34. The van der Waals surface area contributed by atoms with E-state index in [0.717, 1.165) is 23.1 Å². The fourth-order valence-corrected chi connectivity index (χ4v) is 3.30. The third-order valence-electron chi connectivity index (χ3n) is 3.86. The Bertz CT molecular complexity index is 1050. The molecular formula is C19H13F3N4OS. The third kappa shape index (κ3) is 4.53. The number of nitrogens with zero attached hydrogens (tertiary/aromatic N) is 3. The highest BCUT2D eigenvalue weighted by atomic mass is 32.1. The van der Waals surface area contributed by atoms with E-state index >= 15 is 0 Å². The van der Waals surface area contributed by atoms with Gasteiger partial charge in [-0.1, -0.05) is 6.07 Å². The Morgan fingerprint density at radius 3 is 2.64 bits per heavy atom. The number of aromatic nitrogens is 2. The van der Waals surface area contributed by atoms with Crippen molar-refractivity contribution in [3.63, 3.8) is 0 Å². The van der Waals surface area contributed by atoms with Gasteiger partial charge in [-0.2, -0.15) is 18.4 Å². The van der Waals surface area contributed by atoms with Crippen LogP contribution in [0.2, 0.25) is 0 Å². The van der Waals surface area contributed by atoms with Gasteiger partial charge in [-0.15, -0.1) is 11.3 Å². The molecule has 0 spiro atoms. The molecule has 0 aliphatic carbocycles. The van der Waals surface area contributed by atoms with E-state index in [1.54, 1.807) is 25.1 Å². The van der Waals surface area contributed by atoms with Crippen molar-refractivity contribution in [2.45, 2.75) is 19.5 Å². The molecule has 0 radical (unpaired) electrons. The largest absolute Gasteiger partial charge is 0.416 e. The quantitative estimate of drug-likeness (QED) is 0.693. The number of aryl methyl sites for hydroxylation is 1. The molecule has 1 amide bonds. The van der Waals surface area contributed by atoms with Crippen molar-refractivity contribution in [3.05, 3.63) is 75.6 Å². The van der Waals surface area contributed by atoms with Crippen LogP contribution in [0.5, 0.6) is 0 Å². The van der Waals surface area contributed by atoms with Crippen LogP contribution in [-0.4, -0.2) is 15.9 Å². The first-order chi connectivity index (χ1) is 13.3. The number of carbonyl (C=O) groups is 1. The molecule has 0 unspecified atom stereocenters. The normalized spacial score (nSPS) is 11.1. The minimum absolute atomic E-state index is 0.0137. The van der Waals surface area contributed by atoms with Crippen molar-refractivity contribution in [2.75, 3.05) is 5.32 Å². The summed E-state index contributed by atoms with van der Waals surface area (Å²) >= 11 is 1.09. The highest BCUT2D eigenvalue weighted by Gasteiger charge is 2.33. The predicted octanol–water partition coefficient (Wildman–Crippen LogP) is 4.58. The molecule has 2 heterocycles. The number of halogens is 3. The molecule has 5 nitrogen and oxygen atoms in total. The van der Waals surface area contributed by atoms with Crippen LogP contribution < -0.4 is 5.32 Å². The van der Waals surface area contributed by atoms with Gasteiger partial charge >= 0.3 is 6.18 Å². The van der Waals surface area contributed by atoms with Gasteiger partial charge in [0.05, 0.1) is 22.8 Å². The van der Waals surface area contributed by atoms with E-state index in [4.69, 9.17) is 5.26 Å². The maximum atomic E-state index is 13.3. The van der Waals surface area contributed by atoms with Crippen LogP contribution in [-0.2, 0) is 12.6 Å². The van der Waals surface area contributed by atoms with E-state index in [0.29, 0.717) is 10.4 Å². The number of anilines is 1. The first-order valence-electron chi connectivity index (χ1n) is 8.05. The van der Waals surface area contributed by atoms with E-state index < -0.39 is 17.6 Å². The van der Waals surface area contributed by atoms with Gasteiger partial charge in [0.15, 0.2) is 5.13 Å². The SMILES string of the molecule is Cc1ccc(C(=O)Nc2ncc(Cc3ccc(C#N)cc3C(F)(F)F)s2)cn1. The van der Waals surface area contributed by atoms with E-state index in [2.05, 4.69) is 15.3 Å². The summed E-state index contributed by atoms with van der Waals surface area (Å²) in [5, 5.41) is 11.7. The number of benzene rings is 1. The Kier molecular flexibility index (Phi) is 5.42. The van der Waals surface area contributed by atoms with Gasteiger partial charge in [0, 0.05) is 29.4 Å². The first kappa shape index (κ1) is 19.5. The number of alkyl halides is 3. The van der Waals surface area contributed by atoms with Crippen molar-refractivity contribution in [1.29, 1.82) is 5.26 Å². The summed E-state index contributed by atoms with van der Waals surface area (Å²) in [6.07, 6.45) is -1.72. The number of pyridine rings is 1. The third-order valence-corrected chi connectivity index (χ3v) is 4.77. The molecule has 0 aliphatic rings. The molecule has 0 aliphatic heterocycles. The molecular weight excluding hydrogens is 389 g/mol. The van der Waals surface area contributed by atoms with Gasteiger partial charge < -0.3 is 0 Å². The summed E-state index contributed by atoms with van der Waals surface area (Å²) in [6, 6.07) is 8.51. The molecule has 1 N–H and O–H groups in total. The molecule has 0 atom stereocenters. The lowest BCUT2D eigenvalue weighted by molar-refractivity contribution is -0.138. The van der Waals surface area contributed by atoms with E-state index in [1.807, 2.05) is 0 Å². The Hall–Kier alpha value is -3.25. The van der Waals surface area contributed by atoms with Crippen LogP contribution in [0.25, 0.3) is 0 Å². The average molecular weight is 402 g/mol. The Labute approximate surface area is 162 Å². The predicted molar refractivity (Wildman–Crippen MR) is 98.0 cm³/mol. The number of hydrogen-bond donors (Lipinski definition) is 1. The zero-order chi connectivity index (χ0) is 20.3. The number of nitrogens with one attached hydrogen (secondary N) is 1. The monoisotopic (exact) mass is 402 g/mol. The standard InChI is InChI=1S/C19H13F3N4OS/c1-11-2-4-14(9-24-11)17(27)26-18-25-10-15(28-18)7-13-5-3-12(8-23)6-16(13)19(20,21)22/h2-6,9-10H,7H2,1H3,(H,25,26,27). The number of rotatable bonds is 4. The molecule has 9 heteroatoms. The van der Waals surface area contributed by atoms with E-state index in [9.17, 15) is 18.0 Å². The number of carbonyl (C=O) groups excluding carboxylic acids is 1. The fourth-order valence-electron chi connectivity index (χ4n) is 2.47. The molecule has 1 aromatic carbocycles. The van der Waals surface area contributed by atoms with E-state index in [-0.39, 0.29) is 22.7 Å². The van der Waals surface area contributed by atoms with Gasteiger partial charge in [0.25, 0.3) is 5.91 Å². The Balaban J connectivity index is 1.77. The zero-order valence-corrected chi connectivity index (χ0v) is 15.4. The lowest BCUT2D eigenvalue weighted by Crippen LogP contribution is -2.11. The van der Waals surface area contributed by atoms with Crippen LogP contribution >= 0.6 is 11.3 Å². The van der Waals surface area contributed by atoms with E-state index in [1.165, 1.54) is 24.5 Å². The topological polar surface area (TPSA) is 78.7 Å². The minimum atomic E-state index is -4.57. The Morgan fingerprint density at radius 2 is 2.00 bits per heavy atom. The number of thiazole rings is 1. The number of hydrogen-bond acceptors (Lipinski definition) is 5. The highest BCUT2D eigenvalue weighted by molar-refractivity contribution is 7.15. The van der Waals surface area contributed by atoms with Crippen molar-refractivity contribution < 1.29 is 18.0 Å². The lowest BCUT2D eigenvalue weighted by Gasteiger charge is -2.12. The summed E-state index contributed by atoms with van der Waals surface area (Å²) in [6.45, 7) is 1.80. The molecule has 142 valence electrons. The van der Waals surface area contributed by atoms with Crippen molar-refractivity contribution >= 4 is 22.4 Å². The minimum Gasteiger partial charge on any atom is -0.298 e. The summed E-state index contributed by atoms with van der Waals surface area (Å²) < 4.78 is 39.8. The van der Waals surface area contributed by atoms with Gasteiger partial charge in [-0.25, -0.2) is 4.98 Å². The maximum absolute atomic E-state index is 13.3. The smallest absolute Gasteiger partial charge is 0.298 e. The average Bonchev–Trinajstić information content (AvgIpc) is 3.08. The van der Waals surface area contributed by atoms with Gasteiger partial charge in [0.2, 0.25) is 0 Å². The van der Waals surface area contributed by atoms with Crippen LogP contribution in [0.3, 0.4) is 0 Å². The number of nitriles is 1. The van der Waals surface area contributed by atoms with Crippen LogP contribution in [0.1, 0.15) is 37.6 Å². The Morgan fingerprint density at radius 1 is 1.21 bits per heavy atom. The second kappa shape index (κ2) is 7.78. The molecule has 0 saturated carbocycles. The summed E-state index contributed by atoms with van der Waals surface area (Å²) in [5.74, 6) is -0.400. The molecule has 2 aromatic heterocycles. The lowest BCUT2D eigenvalue weighted by atomic mass is 10.0. The maximum Gasteiger partial charge on any atom is 0.416 e. The second-order valence-electron chi connectivity index (χ2n) is 5.93. The molecule has 3 rings (SSSR count). The second-order valence-corrected chi connectivity index (χ2v) is 7.05. The number of amides is 1. The summed E-state index contributed by atoms with van der Waals surface area (Å²) in [7, 11) is 0. The van der Waals surface area contributed by atoms with Crippen molar-refractivity contribution in [2.24, 2.45) is 0 Å². The first-order valence-corrected chi connectivity index (χ1v) is 8.87. The molecule has 0 saturated heterocycles. The van der Waals surface area contributed by atoms with Gasteiger partial charge in [-0.3, -0.25) is 15.1 Å². The van der Waals surface area contributed by atoms with Gasteiger partial charge in [0.1, 0.15) is 0 Å². The fraction of sp³-hybridized carbons (Fsp3) is 0.158. The van der Waals surface area contributed by atoms with Gasteiger partial charge in [-0.05, 0) is 36.8 Å². The van der Waals surface area contributed by atoms with Crippen LogP contribution in [0, 0.1) is 18.3 Å².